The lowest BCUT2D eigenvalue weighted by molar-refractivity contribution is 0.418. The first-order chi connectivity index (χ1) is 7.71. The molecule has 0 unspecified atom stereocenters. The lowest BCUT2D eigenvalue weighted by atomic mass is 9.93. The minimum absolute atomic E-state index is 0.122. The van der Waals surface area contributed by atoms with E-state index in [0.717, 1.165) is 19.5 Å². The fourth-order valence-corrected chi connectivity index (χ4v) is 4.35. The van der Waals surface area contributed by atoms with Gasteiger partial charge in [0.2, 0.25) is 0 Å². The van der Waals surface area contributed by atoms with E-state index in [1.165, 1.54) is 17.8 Å². The summed E-state index contributed by atoms with van der Waals surface area (Å²) in [5.74, 6) is 0.122. The van der Waals surface area contributed by atoms with Gasteiger partial charge >= 0.3 is 0 Å². The summed E-state index contributed by atoms with van der Waals surface area (Å²) in [5.41, 5.74) is 5.87. The van der Waals surface area contributed by atoms with Crippen molar-refractivity contribution < 1.29 is 8.42 Å². The van der Waals surface area contributed by atoms with E-state index in [1.807, 2.05) is 0 Å². The fourth-order valence-electron chi connectivity index (χ4n) is 2.12. The number of nitrogens with two attached hydrogens (primary N) is 1. The molecule has 2 rings (SSSR count). The third-order valence-electron chi connectivity index (χ3n) is 2.99. The van der Waals surface area contributed by atoms with Crippen LogP contribution in [0.2, 0.25) is 0 Å². The first-order valence-corrected chi connectivity index (χ1v) is 8.07. The maximum absolute atomic E-state index is 11.7. The molecule has 0 bridgehead atoms. The summed E-state index contributed by atoms with van der Waals surface area (Å²) in [6.07, 6.45) is 2.23. The predicted octanol–water partition coefficient (Wildman–Crippen LogP) is 1.37. The van der Waals surface area contributed by atoms with Gasteiger partial charge in [-0.2, -0.15) is 4.37 Å². The van der Waals surface area contributed by atoms with Crippen LogP contribution in [0.4, 0.5) is 10.8 Å². The summed E-state index contributed by atoms with van der Waals surface area (Å²) in [6.45, 7) is 6.06. The van der Waals surface area contributed by atoms with Crippen molar-refractivity contribution in [2.24, 2.45) is 5.41 Å². The van der Waals surface area contributed by atoms with Crippen LogP contribution in [0, 0.1) is 5.41 Å². The van der Waals surface area contributed by atoms with E-state index < -0.39 is 9.84 Å². The number of hydrogen-bond donors (Lipinski definition) is 1. The van der Waals surface area contributed by atoms with Crippen molar-refractivity contribution in [1.29, 1.82) is 0 Å². The van der Waals surface area contributed by atoms with Crippen molar-refractivity contribution >= 4 is 32.2 Å². The third kappa shape index (κ3) is 2.40. The van der Waals surface area contributed by atoms with Gasteiger partial charge in [-0.05, 0) is 23.4 Å². The first kappa shape index (κ1) is 12.6. The number of aromatic nitrogens is 1. The van der Waals surface area contributed by atoms with Crippen LogP contribution in [0.5, 0.6) is 0 Å². The second-order valence-corrected chi connectivity index (χ2v) is 8.01. The summed E-state index contributed by atoms with van der Waals surface area (Å²) in [7, 11) is -3.31. The van der Waals surface area contributed by atoms with Gasteiger partial charge in [0.15, 0.2) is 15.7 Å². The Morgan fingerprint density at radius 3 is 2.59 bits per heavy atom. The highest BCUT2D eigenvalue weighted by Gasteiger charge is 2.34. The van der Waals surface area contributed by atoms with Crippen LogP contribution in [-0.2, 0) is 9.84 Å². The summed E-state index contributed by atoms with van der Waals surface area (Å²) < 4.78 is 27.4. The Kier molecular flexibility index (Phi) is 2.86. The molecule has 0 saturated carbocycles. The molecule has 0 radical (unpaired) electrons. The normalized spacial score (nSPS) is 19.8. The van der Waals surface area contributed by atoms with Gasteiger partial charge in [0.1, 0.15) is 9.90 Å². The quantitative estimate of drug-likeness (QED) is 0.882. The minimum Gasteiger partial charge on any atom is -0.382 e. The molecule has 0 spiro atoms. The van der Waals surface area contributed by atoms with E-state index in [1.54, 1.807) is 0 Å². The van der Waals surface area contributed by atoms with E-state index in [0.29, 0.717) is 5.00 Å². The smallest absolute Gasteiger partial charge is 0.182 e. The van der Waals surface area contributed by atoms with E-state index >= 15 is 0 Å². The maximum Gasteiger partial charge on any atom is 0.182 e. The zero-order valence-corrected chi connectivity index (χ0v) is 11.9. The van der Waals surface area contributed by atoms with Gasteiger partial charge in [-0.25, -0.2) is 8.42 Å². The number of rotatable bonds is 2. The van der Waals surface area contributed by atoms with Crippen molar-refractivity contribution in [3.63, 3.8) is 0 Å². The summed E-state index contributed by atoms with van der Waals surface area (Å²) >= 11 is 1.17. The van der Waals surface area contributed by atoms with Crippen molar-refractivity contribution in [2.75, 3.05) is 30.0 Å². The SMILES string of the molecule is CC1(C)CCN(c2snc(N)c2S(C)(=O)=O)C1. The molecule has 0 aromatic carbocycles. The molecule has 1 aliphatic rings. The molecule has 1 fully saturated rings. The summed E-state index contributed by atoms with van der Waals surface area (Å²) in [4.78, 5) is 2.27. The van der Waals surface area contributed by atoms with E-state index in [9.17, 15) is 8.42 Å². The van der Waals surface area contributed by atoms with E-state index in [4.69, 9.17) is 5.73 Å². The largest absolute Gasteiger partial charge is 0.382 e. The maximum atomic E-state index is 11.7. The molecule has 0 amide bonds. The highest BCUT2D eigenvalue weighted by molar-refractivity contribution is 7.91. The molecule has 7 heteroatoms. The standard InChI is InChI=1S/C10H17N3O2S2/c1-10(2)4-5-13(6-10)9-7(17(3,14)15)8(11)12-16-9/h4-6H2,1-3H3,(H2,11,12). The molecular formula is C10H17N3O2S2. The molecule has 2 heterocycles. The molecule has 2 N–H and O–H groups in total. The predicted molar refractivity (Wildman–Crippen MR) is 70.2 cm³/mol. The second kappa shape index (κ2) is 3.84. The topological polar surface area (TPSA) is 76.3 Å². The van der Waals surface area contributed by atoms with Gasteiger partial charge in [-0.1, -0.05) is 13.8 Å². The minimum atomic E-state index is -3.31. The Morgan fingerprint density at radius 2 is 2.12 bits per heavy atom. The monoisotopic (exact) mass is 275 g/mol. The molecule has 17 heavy (non-hydrogen) atoms. The molecule has 5 nitrogen and oxygen atoms in total. The fraction of sp³-hybridized carbons (Fsp3) is 0.700. The zero-order chi connectivity index (χ0) is 12.8. The van der Waals surface area contributed by atoms with Gasteiger partial charge in [0.05, 0.1) is 0 Å². The van der Waals surface area contributed by atoms with Crippen molar-refractivity contribution in [3.8, 4) is 0 Å². The van der Waals surface area contributed by atoms with Crippen LogP contribution in [0.15, 0.2) is 4.90 Å². The molecule has 1 saturated heterocycles. The van der Waals surface area contributed by atoms with Gasteiger partial charge in [0, 0.05) is 19.3 Å². The lowest BCUT2D eigenvalue weighted by Crippen LogP contribution is -2.23. The average molecular weight is 275 g/mol. The van der Waals surface area contributed by atoms with Crippen molar-refractivity contribution in [2.45, 2.75) is 25.2 Å². The van der Waals surface area contributed by atoms with E-state index in [2.05, 4.69) is 23.1 Å². The van der Waals surface area contributed by atoms with E-state index in [-0.39, 0.29) is 16.1 Å². The van der Waals surface area contributed by atoms with Crippen molar-refractivity contribution in [1.82, 2.24) is 4.37 Å². The average Bonchev–Trinajstić information content (AvgIpc) is 2.67. The van der Waals surface area contributed by atoms with Gasteiger partial charge in [0.25, 0.3) is 0 Å². The Bertz CT molecular complexity index is 534. The van der Waals surface area contributed by atoms with Crippen LogP contribution in [0.3, 0.4) is 0 Å². The number of anilines is 2. The Labute approximate surface area is 106 Å². The number of nitrogens with zero attached hydrogens (tertiary/aromatic N) is 2. The van der Waals surface area contributed by atoms with Gasteiger partial charge in [-0.15, -0.1) is 0 Å². The number of hydrogen-bond acceptors (Lipinski definition) is 6. The Morgan fingerprint density at radius 1 is 1.47 bits per heavy atom. The number of nitrogen functional groups attached to an aromatic ring is 1. The van der Waals surface area contributed by atoms with Crippen LogP contribution in [0.1, 0.15) is 20.3 Å². The molecule has 1 aromatic rings. The molecule has 0 aliphatic carbocycles. The molecule has 0 atom stereocenters. The highest BCUT2D eigenvalue weighted by Crippen LogP contribution is 2.40. The Balaban J connectivity index is 2.42. The molecular weight excluding hydrogens is 258 g/mol. The molecule has 1 aliphatic heterocycles. The van der Waals surface area contributed by atoms with Crippen LogP contribution >= 0.6 is 11.5 Å². The van der Waals surface area contributed by atoms with Gasteiger partial charge < -0.3 is 10.6 Å². The molecule has 1 aromatic heterocycles. The third-order valence-corrected chi connectivity index (χ3v) is 5.19. The summed E-state index contributed by atoms with van der Waals surface area (Å²) in [5, 5.41) is 0.690. The number of sulfone groups is 1. The molecule has 96 valence electrons. The van der Waals surface area contributed by atoms with Crippen molar-refractivity contribution in [3.05, 3.63) is 0 Å². The van der Waals surface area contributed by atoms with Crippen LogP contribution in [-0.4, -0.2) is 32.1 Å². The van der Waals surface area contributed by atoms with Crippen LogP contribution < -0.4 is 10.6 Å². The van der Waals surface area contributed by atoms with Crippen LogP contribution in [0.25, 0.3) is 0 Å². The first-order valence-electron chi connectivity index (χ1n) is 5.41. The second-order valence-electron chi connectivity index (χ2n) is 5.31. The Hall–Kier alpha value is -0.820. The summed E-state index contributed by atoms with van der Waals surface area (Å²) in [6, 6.07) is 0. The lowest BCUT2D eigenvalue weighted by Gasteiger charge is -2.20. The highest BCUT2D eigenvalue weighted by atomic mass is 32.2. The zero-order valence-electron chi connectivity index (χ0n) is 10.2. The van der Waals surface area contributed by atoms with Gasteiger partial charge in [-0.3, -0.25) is 0 Å².